The van der Waals surface area contributed by atoms with Crippen molar-refractivity contribution >= 4 is 0 Å². The molecule has 0 aromatic heterocycles. The standard InChI is InChI=1S/C17H36N2O2/c1-5-18-13-17-14-19(9-12-21-17)8-11-20-10-6-7-16(4)15(2)3/h15-18H,5-14H2,1-4H3/t16?,17-/m1/s1. The molecule has 4 heteroatoms. The van der Waals surface area contributed by atoms with Crippen molar-refractivity contribution in [1.29, 1.82) is 0 Å². The largest absolute Gasteiger partial charge is 0.380 e. The molecular formula is C17H36N2O2. The number of rotatable bonds is 11. The predicted molar refractivity (Wildman–Crippen MR) is 88.8 cm³/mol. The van der Waals surface area contributed by atoms with Crippen molar-refractivity contribution in [3.63, 3.8) is 0 Å². The molecule has 0 amide bonds. The fraction of sp³-hybridized carbons (Fsp3) is 1.00. The van der Waals surface area contributed by atoms with Gasteiger partial charge in [0.15, 0.2) is 0 Å². The molecular weight excluding hydrogens is 264 g/mol. The van der Waals surface area contributed by atoms with Crippen LogP contribution in [0.25, 0.3) is 0 Å². The molecule has 0 aliphatic carbocycles. The predicted octanol–water partition coefficient (Wildman–Crippen LogP) is 2.39. The molecule has 1 aliphatic rings. The van der Waals surface area contributed by atoms with E-state index >= 15 is 0 Å². The van der Waals surface area contributed by atoms with Crippen molar-refractivity contribution in [2.24, 2.45) is 11.8 Å². The molecule has 0 spiro atoms. The molecule has 0 saturated carbocycles. The van der Waals surface area contributed by atoms with Crippen molar-refractivity contribution < 1.29 is 9.47 Å². The highest BCUT2D eigenvalue weighted by Crippen LogP contribution is 2.15. The van der Waals surface area contributed by atoms with Crippen LogP contribution in [0.5, 0.6) is 0 Å². The molecule has 0 aromatic rings. The molecule has 0 bridgehead atoms. The second-order valence-corrected chi connectivity index (χ2v) is 6.58. The lowest BCUT2D eigenvalue weighted by atomic mass is 9.93. The molecule has 1 unspecified atom stereocenters. The number of nitrogens with one attached hydrogen (secondary N) is 1. The highest BCUT2D eigenvalue weighted by molar-refractivity contribution is 4.73. The zero-order valence-corrected chi connectivity index (χ0v) is 14.6. The summed E-state index contributed by atoms with van der Waals surface area (Å²) in [4.78, 5) is 2.46. The summed E-state index contributed by atoms with van der Waals surface area (Å²) in [5.74, 6) is 1.59. The molecule has 4 nitrogen and oxygen atoms in total. The highest BCUT2D eigenvalue weighted by Gasteiger charge is 2.19. The number of morpholine rings is 1. The number of ether oxygens (including phenoxy) is 2. The van der Waals surface area contributed by atoms with Gasteiger partial charge in [-0.25, -0.2) is 0 Å². The van der Waals surface area contributed by atoms with E-state index in [1.165, 1.54) is 12.8 Å². The van der Waals surface area contributed by atoms with Gasteiger partial charge in [0, 0.05) is 32.8 Å². The van der Waals surface area contributed by atoms with Crippen LogP contribution in [0, 0.1) is 11.8 Å². The lowest BCUT2D eigenvalue weighted by Gasteiger charge is -2.32. The molecule has 1 fully saturated rings. The van der Waals surface area contributed by atoms with Crippen LogP contribution in [0.2, 0.25) is 0 Å². The van der Waals surface area contributed by atoms with Gasteiger partial charge in [-0.1, -0.05) is 27.7 Å². The maximum Gasteiger partial charge on any atom is 0.0826 e. The van der Waals surface area contributed by atoms with E-state index < -0.39 is 0 Å². The van der Waals surface area contributed by atoms with Gasteiger partial charge in [0.25, 0.3) is 0 Å². The first-order chi connectivity index (χ1) is 10.1. The fourth-order valence-corrected chi connectivity index (χ4v) is 2.55. The van der Waals surface area contributed by atoms with Gasteiger partial charge in [-0.05, 0) is 31.2 Å². The van der Waals surface area contributed by atoms with Crippen LogP contribution >= 0.6 is 0 Å². The Labute approximate surface area is 131 Å². The lowest BCUT2D eigenvalue weighted by molar-refractivity contribution is -0.0348. The molecule has 126 valence electrons. The fourth-order valence-electron chi connectivity index (χ4n) is 2.55. The molecule has 21 heavy (non-hydrogen) atoms. The van der Waals surface area contributed by atoms with Crippen molar-refractivity contribution in [1.82, 2.24) is 10.2 Å². The quantitative estimate of drug-likeness (QED) is 0.594. The van der Waals surface area contributed by atoms with E-state index in [1.807, 2.05) is 0 Å². The van der Waals surface area contributed by atoms with E-state index in [9.17, 15) is 0 Å². The van der Waals surface area contributed by atoms with Crippen molar-refractivity contribution in [3.8, 4) is 0 Å². The smallest absolute Gasteiger partial charge is 0.0826 e. The Hall–Kier alpha value is -0.160. The van der Waals surface area contributed by atoms with Crippen molar-refractivity contribution in [2.75, 3.05) is 52.5 Å². The Morgan fingerprint density at radius 1 is 1.29 bits per heavy atom. The number of hydrogen-bond donors (Lipinski definition) is 1. The summed E-state index contributed by atoms with van der Waals surface area (Å²) in [7, 11) is 0. The maximum atomic E-state index is 5.78. The van der Waals surface area contributed by atoms with Gasteiger partial charge in [-0.15, -0.1) is 0 Å². The van der Waals surface area contributed by atoms with Gasteiger partial charge in [-0.3, -0.25) is 4.90 Å². The van der Waals surface area contributed by atoms with Crippen LogP contribution in [0.3, 0.4) is 0 Å². The lowest BCUT2D eigenvalue weighted by Crippen LogP contribution is -2.47. The second-order valence-electron chi connectivity index (χ2n) is 6.58. The summed E-state index contributed by atoms with van der Waals surface area (Å²) < 4.78 is 11.5. The summed E-state index contributed by atoms with van der Waals surface area (Å²) in [5, 5.41) is 3.36. The molecule has 1 saturated heterocycles. The van der Waals surface area contributed by atoms with Crippen LogP contribution in [0.1, 0.15) is 40.5 Å². The normalized spacial score (nSPS) is 21.9. The van der Waals surface area contributed by atoms with Gasteiger partial charge < -0.3 is 14.8 Å². The molecule has 1 rings (SSSR count). The summed E-state index contributed by atoms with van der Waals surface area (Å²) in [6.45, 7) is 16.7. The third-order valence-corrected chi connectivity index (χ3v) is 4.48. The van der Waals surface area contributed by atoms with Crippen molar-refractivity contribution in [3.05, 3.63) is 0 Å². The zero-order chi connectivity index (χ0) is 15.5. The van der Waals surface area contributed by atoms with Gasteiger partial charge in [0.2, 0.25) is 0 Å². The minimum Gasteiger partial charge on any atom is -0.380 e. The summed E-state index contributed by atoms with van der Waals surface area (Å²) in [6, 6.07) is 0. The van der Waals surface area contributed by atoms with E-state index in [2.05, 4.69) is 37.9 Å². The molecule has 2 atom stereocenters. The maximum absolute atomic E-state index is 5.78. The highest BCUT2D eigenvalue weighted by atomic mass is 16.5. The third kappa shape index (κ3) is 8.77. The topological polar surface area (TPSA) is 33.7 Å². The van der Waals surface area contributed by atoms with Crippen molar-refractivity contribution in [2.45, 2.75) is 46.6 Å². The van der Waals surface area contributed by atoms with Crippen LogP contribution in [-0.4, -0.2) is 63.5 Å². The van der Waals surface area contributed by atoms with Crippen LogP contribution in [0.4, 0.5) is 0 Å². The van der Waals surface area contributed by atoms with Crippen LogP contribution in [-0.2, 0) is 9.47 Å². The molecule has 0 aromatic carbocycles. The zero-order valence-electron chi connectivity index (χ0n) is 14.6. The summed E-state index contributed by atoms with van der Waals surface area (Å²) >= 11 is 0. The minimum atomic E-state index is 0.339. The monoisotopic (exact) mass is 300 g/mol. The first-order valence-electron chi connectivity index (χ1n) is 8.75. The van der Waals surface area contributed by atoms with E-state index in [0.29, 0.717) is 6.10 Å². The Morgan fingerprint density at radius 2 is 2.10 bits per heavy atom. The van der Waals surface area contributed by atoms with Gasteiger partial charge in [0.05, 0.1) is 19.3 Å². The Kier molecular flexibility index (Phi) is 10.3. The Balaban J connectivity index is 1.99. The SMILES string of the molecule is CCNC[C@@H]1CN(CCOCCCC(C)C(C)C)CCO1. The molecule has 1 N–H and O–H groups in total. The number of likely N-dealkylation sites (N-methyl/N-ethyl adjacent to an activating group) is 1. The first-order valence-corrected chi connectivity index (χ1v) is 8.75. The molecule has 0 radical (unpaired) electrons. The van der Waals surface area contributed by atoms with Gasteiger partial charge in [-0.2, -0.15) is 0 Å². The summed E-state index contributed by atoms with van der Waals surface area (Å²) in [5.41, 5.74) is 0. The number of hydrogen-bond acceptors (Lipinski definition) is 4. The number of nitrogens with zero attached hydrogens (tertiary/aromatic N) is 1. The van der Waals surface area contributed by atoms with E-state index in [0.717, 1.165) is 64.4 Å². The van der Waals surface area contributed by atoms with E-state index in [-0.39, 0.29) is 0 Å². The van der Waals surface area contributed by atoms with E-state index in [1.54, 1.807) is 0 Å². The minimum absolute atomic E-state index is 0.339. The second kappa shape index (κ2) is 11.4. The third-order valence-electron chi connectivity index (χ3n) is 4.48. The summed E-state index contributed by atoms with van der Waals surface area (Å²) in [6.07, 6.45) is 2.80. The molecule has 1 aliphatic heterocycles. The average Bonchev–Trinajstić information content (AvgIpc) is 2.48. The van der Waals surface area contributed by atoms with Gasteiger partial charge >= 0.3 is 0 Å². The Morgan fingerprint density at radius 3 is 2.81 bits per heavy atom. The average molecular weight is 300 g/mol. The van der Waals surface area contributed by atoms with Crippen LogP contribution < -0.4 is 5.32 Å². The van der Waals surface area contributed by atoms with Crippen LogP contribution in [0.15, 0.2) is 0 Å². The first kappa shape index (κ1) is 18.9. The van der Waals surface area contributed by atoms with E-state index in [4.69, 9.17) is 9.47 Å². The Bertz CT molecular complexity index is 249. The molecule has 1 heterocycles. The van der Waals surface area contributed by atoms with Gasteiger partial charge in [0.1, 0.15) is 0 Å².